The molecule has 0 heterocycles. The van der Waals surface area contributed by atoms with E-state index in [1.165, 1.54) is 0 Å². The van der Waals surface area contributed by atoms with Gasteiger partial charge in [-0.15, -0.1) is 0 Å². The Kier molecular flexibility index (Phi) is 15.2. The van der Waals surface area contributed by atoms with Crippen molar-refractivity contribution in [1.29, 1.82) is 0 Å². The number of hydrogen-bond donors (Lipinski definition) is 3. The van der Waals surface area contributed by atoms with Crippen molar-refractivity contribution in [1.82, 2.24) is 0 Å². The van der Waals surface area contributed by atoms with E-state index in [0.717, 1.165) is 25.7 Å². The van der Waals surface area contributed by atoms with Gasteiger partial charge in [0.2, 0.25) is 0 Å². The van der Waals surface area contributed by atoms with Crippen LogP contribution in [0.1, 0.15) is 91.9 Å². The number of carbonyl (C=O) groups is 2. The summed E-state index contributed by atoms with van der Waals surface area (Å²) < 4.78 is 33.7. The Labute approximate surface area is 186 Å². The maximum absolute atomic E-state index is 12.4. The second-order valence-corrected chi connectivity index (χ2v) is 9.44. The first-order valence-electron chi connectivity index (χ1n) is 10.4. The molecule has 0 aliphatic rings. The first-order valence-corrected chi connectivity index (χ1v) is 11.9. The van der Waals surface area contributed by atoms with E-state index < -0.39 is 32.7 Å². The summed E-state index contributed by atoms with van der Waals surface area (Å²) in [6, 6.07) is 0. The van der Waals surface area contributed by atoms with E-state index in [1.807, 2.05) is 27.7 Å². The molecule has 0 aliphatic heterocycles. The van der Waals surface area contributed by atoms with Gasteiger partial charge in [-0.05, 0) is 24.7 Å². The Morgan fingerprint density at radius 1 is 0.862 bits per heavy atom. The molecule has 0 amide bonds. The van der Waals surface area contributed by atoms with Gasteiger partial charge in [-0.1, -0.05) is 79.1 Å². The SMILES string of the molecule is CCCCC(CC)CC(CC(CC)CCCC)(C(=O)O)C(C(=O)O)S(=O)(=O)O.[Cu]. The molecule has 3 N–H and O–H groups in total. The minimum atomic E-state index is -5.10. The topological polar surface area (TPSA) is 129 Å². The molecule has 0 fully saturated rings. The Hall–Kier alpha value is -0.631. The third-order valence-electron chi connectivity index (χ3n) is 5.84. The van der Waals surface area contributed by atoms with E-state index in [-0.39, 0.29) is 41.7 Å². The van der Waals surface area contributed by atoms with Crippen LogP contribution in [0.4, 0.5) is 0 Å². The number of hydrogen-bond acceptors (Lipinski definition) is 4. The molecular weight excluding hydrogens is 448 g/mol. The molecule has 0 bridgehead atoms. The van der Waals surface area contributed by atoms with Crippen molar-refractivity contribution in [2.45, 2.75) is 97.2 Å². The molecule has 177 valence electrons. The van der Waals surface area contributed by atoms with Crippen LogP contribution in [0.3, 0.4) is 0 Å². The number of carboxylic acid groups (broad SMARTS) is 2. The van der Waals surface area contributed by atoms with Crippen LogP contribution in [-0.4, -0.2) is 40.4 Å². The van der Waals surface area contributed by atoms with Crippen molar-refractivity contribution in [3.05, 3.63) is 0 Å². The number of rotatable bonds is 16. The summed E-state index contributed by atoms with van der Waals surface area (Å²) in [5, 5.41) is 17.3. The van der Waals surface area contributed by atoms with E-state index in [4.69, 9.17) is 0 Å². The van der Waals surface area contributed by atoms with E-state index in [2.05, 4.69) is 0 Å². The molecule has 0 rings (SSSR count). The average molecular weight is 486 g/mol. The summed E-state index contributed by atoms with van der Waals surface area (Å²) in [4.78, 5) is 24.3. The van der Waals surface area contributed by atoms with Crippen molar-refractivity contribution in [3.8, 4) is 0 Å². The van der Waals surface area contributed by atoms with Crippen molar-refractivity contribution in [2.75, 3.05) is 0 Å². The predicted molar refractivity (Wildman–Crippen MR) is 109 cm³/mol. The van der Waals surface area contributed by atoms with Gasteiger partial charge < -0.3 is 10.2 Å². The third-order valence-corrected chi connectivity index (χ3v) is 7.09. The molecule has 0 aromatic carbocycles. The zero-order valence-electron chi connectivity index (χ0n) is 18.0. The van der Waals surface area contributed by atoms with Gasteiger partial charge >= 0.3 is 11.9 Å². The van der Waals surface area contributed by atoms with Gasteiger partial charge in [0.25, 0.3) is 10.1 Å². The Bertz CT molecular complexity index is 574. The molecule has 29 heavy (non-hydrogen) atoms. The third kappa shape index (κ3) is 9.37. The van der Waals surface area contributed by atoms with E-state index in [0.29, 0.717) is 25.7 Å². The Balaban J connectivity index is 0. The van der Waals surface area contributed by atoms with Crippen molar-refractivity contribution < 1.29 is 49.8 Å². The summed E-state index contributed by atoms with van der Waals surface area (Å²) in [6.45, 7) is 7.80. The van der Waals surface area contributed by atoms with Crippen LogP contribution >= 0.6 is 0 Å². The zero-order chi connectivity index (χ0) is 22.0. The number of unbranched alkanes of at least 4 members (excludes halogenated alkanes) is 2. The Morgan fingerprint density at radius 3 is 1.45 bits per heavy atom. The minimum Gasteiger partial charge on any atom is -0.481 e. The number of aliphatic carboxylic acids is 2. The van der Waals surface area contributed by atoms with Crippen molar-refractivity contribution in [3.63, 3.8) is 0 Å². The minimum absolute atomic E-state index is 0. The second kappa shape index (κ2) is 14.4. The molecule has 3 unspecified atom stereocenters. The van der Waals surface area contributed by atoms with E-state index >= 15 is 0 Å². The fourth-order valence-corrected chi connectivity index (χ4v) is 5.27. The van der Waals surface area contributed by atoms with Crippen molar-refractivity contribution in [2.24, 2.45) is 17.3 Å². The Morgan fingerprint density at radius 2 is 1.24 bits per heavy atom. The van der Waals surface area contributed by atoms with Crippen LogP contribution < -0.4 is 0 Å². The summed E-state index contributed by atoms with van der Waals surface area (Å²) in [5.74, 6) is -3.50. The zero-order valence-corrected chi connectivity index (χ0v) is 19.7. The van der Waals surface area contributed by atoms with Crippen LogP contribution in [-0.2, 0) is 36.8 Å². The average Bonchev–Trinajstić information content (AvgIpc) is 2.59. The molecule has 0 saturated carbocycles. The van der Waals surface area contributed by atoms with E-state index in [9.17, 15) is 32.8 Å². The maximum atomic E-state index is 12.4. The molecule has 0 saturated heterocycles. The molecule has 0 aromatic heterocycles. The van der Waals surface area contributed by atoms with Gasteiger partial charge in [0.05, 0.1) is 5.41 Å². The normalized spacial score (nSPS) is 16.9. The van der Waals surface area contributed by atoms with Gasteiger partial charge in [-0.3, -0.25) is 14.1 Å². The molecule has 0 aromatic rings. The standard InChI is InChI=1S/C20H38O7S.Cu/c1-5-9-11-15(7-3)13-20(19(23)24,14-16(8-4)12-10-6-2)17(18(21)22)28(25,26)27;/h15-17H,5-14H2,1-4H3,(H,21,22)(H,23,24)(H,25,26,27);. The maximum Gasteiger partial charge on any atom is 0.325 e. The predicted octanol–water partition coefficient (Wildman–Crippen LogP) is 4.61. The molecule has 0 spiro atoms. The molecule has 1 radical (unpaired) electrons. The molecular formula is C20H38CuO7S. The molecule has 0 aliphatic carbocycles. The summed E-state index contributed by atoms with van der Waals surface area (Å²) in [7, 11) is -5.10. The van der Waals surface area contributed by atoms with E-state index in [1.54, 1.807) is 0 Å². The van der Waals surface area contributed by atoms with Gasteiger partial charge in [-0.25, -0.2) is 0 Å². The largest absolute Gasteiger partial charge is 0.481 e. The first kappa shape index (κ1) is 30.6. The quantitative estimate of drug-likeness (QED) is 0.215. The summed E-state index contributed by atoms with van der Waals surface area (Å²) in [5.41, 5.74) is -2.05. The van der Waals surface area contributed by atoms with Crippen LogP contribution in [0.5, 0.6) is 0 Å². The van der Waals surface area contributed by atoms with Crippen LogP contribution in [0.15, 0.2) is 0 Å². The van der Waals surface area contributed by atoms with Crippen LogP contribution in [0.25, 0.3) is 0 Å². The fraction of sp³-hybridized carbons (Fsp3) is 0.900. The summed E-state index contributed by atoms with van der Waals surface area (Å²) >= 11 is 0. The van der Waals surface area contributed by atoms with Gasteiger partial charge in [0.15, 0.2) is 5.25 Å². The van der Waals surface area contributed by atoms with Gasteiger partial charge in [0, 0.05) is 17.1 Å². The second-order valence-electron chi connectivity index (χ2n) is 7.94. The first-order chi connectivity index (χ1) is 13.0. The fourth-order valence-electron chi connectivity index (χ4n) is 4.15. The molecule has 9 heteroatoms. The number of carboxylic acids is 2. The van der Waals surface area contributed by atoms with Crippen molar-refractivity contribution >= 4 is 22.1 Å². The van der Waals surface area contributed by atoms with Crippen LogP contribution in [0, 0.1) is 17.3 Å². The van der Waals surface area contributed by atoms with Crippen LogP contribution in [0.2, 0.25) is 0 Å². The summed E-state index contributed by atoms with van der Waals surface area (Å²) in [6.07, 6.45) is 6.02. The van der Waals surface area contributed by atoms with Gasteiger partial charge in [-0.2, -0.15) is 8.42 Å². The monoisotopic (exact) mass is 485 g/mol. The molecule has 3 atom stereocenters. The molecule has 7 nitrogen and oxygen atoms in total. The smallest absolute Gasteiger partial charge is 0.325 e. The van der Waals surface area contributed by atoms with Gasteiger partial charge in [0.1, 0.15) is 0 Å².